The minimum atomic E-state index is -1.40. The number of allylic oxidation sites excluding steroid dienone is 2. The van der Waals surface area contributed by atoms with Crippen molar-refractivity contribution in [3.8, 4) is 0 Å². The Balaban J connectivity index is 1.76. The Hall–Kier alpha value is -4.14. The molecule has 2 aromatic rings. The van der Waals surface area contributed by atoms with Gasteiger partial charge in [0.2, 0.25) is 0 Å². The first-order valence-corrected chi connectivity index (χ1v) is 11.0. The van der Waals surface area contributed by atoms with E-state index in [1.807, 2.05) is 49.4 Å². The first kappa shape index (κ1) is 25.5. The summed E-state index contributed by atoms with van der Waals surface area (Å²) in [7, 11) is 2.33. The van der Waals surface area contributed by atoms with Crippen LogP contribution in [0.15, 0.2) is 65.0 Å². The Labute approximate surface area is 203 Å². The largest absolute Gasteiger partial charge is 0.466 e. The third-order valence-electron chi connectivity index (χ3n) is 5.82. The maximum atomic E-state index is 13.1. The standard InChI is InChI=1S/C26H28N2O7/c1-14(18-12-8-10-17-9-6-7-11-19(17)18)28-20(29)13-35-26(32)23-21(24(30)33-4)15(2)27-16(3)22(23)25(31)34-5/h6-12,14,23,27H,13H2,1-5H3,(H,28,29). The zero-order valence-corrected chi connectivity index (χ0v) is 20.3. The molecule has 0 saturated heterocycles. The first-order valence-electron chi connectivity index (χ1n) is 11.0. The Morgan fingerprint density at radius 2 is 1.49 bits per heavy atom. The molecule has 0 bridgehead atoms. The third kappa shape index (κ3) is 5.34. The SMILES string of the molecule is COC(=O)C1=C(C)NC(C)=C(C(=O)OC)C1C(=O)OCC(=O)NC(C)c1cccc2ccccc12. The Kier molecular flexibility index (Phi) is 7.91. The molecule has 3 rings (SSSR count). The number of amides is 1. The summed E-state index contributed by atoms with van der Waals surface area (Å²) >= 11 is 0. The zero-order chi connectivity index (χ0) is 25.7. The molecule has 1 unspecified atom stereocenters. The Morgan fingerprint density at radius 3 is 2.09 bits per heavy atom. The molecule has 9 heteroatoms. The number of hydrogen-bond donors (Lipinski definition) is 2. The number of carbonyl (C=O) groups excluding carboxylic acids is 4. The van der Waals surface area contributed by atoms with Crippen molar-refractivity contribution in [2.24, 2.45) is 5.92 Å². The van der Waals surface area contributed by atoms with E-state index in [0.29, 0.717) is 11.4 Å². The lowest BCUT2D eigenvalue weighted by molar-refractivity contribution is -0.153. The highest BCUT2D eigenvalue weighted by atomic mass is 16.5. The molecule has 0 aromatic heterocycles. The van der Waals surface area contributed by atoms with Crippen LogP contribution in [0, 0.1) is 5.92 Å². The second kappa shape index (κ2) is 10.9. The molecule has 0 spiro atoms. The predicted octanol–water partition coefficient (Wildman–Crippen LogP) is 2.67. The van der Waals surface area contributed by atoms with Crippen LogP contribution in [0.1, 0.15) is 32.4 Å². The van der Waals surface area contributed by atoms with Crippen LogP contribution in [0.5, 0.6) is 0 Å². The van der Waals surface area contributed by atoms with Gasteiger partial charge in [0.25, 0.3) is 5.91 Å². The van der Waals surface area contributed by atoms with Gasteiger partial charge in [0.05, 0.1) is 31.4 Å². The number of benzene rings is 2. The number of nitrogens with one attached hydrogen (secondary N) is 2. The van der Waals surface area contributed by atoms with Crippen molar-refractivity contribution < 1.29 is 33.4 Å². The van der Waals surface area contributed by atoms with Crippen LogP contribution in [0.25, 0.3) is 10.8 Å². The van der Waals surface area contributed by atoms with Crippen LogP contribution in [0.4, 0.5) is 0 Å². The van der Waals surface area contributed by atoms with Gasteiger partial charge in [-0.15, -0.1) is 0 Å². The van der Waals surface area contributed by atoms with Gasteiger partial charge in [0.1, 0.15) is 5.92 Å². The molecule has 1 amide bonds. The van der Waals surface area contributed by atoms with Gasteiger partial charge in [-0.05, 0) is 37.1 Å². The fourth-order valence-corrected chi connectivity index (χ4v) is 4.20. The van der Waals surface area contributed by atoms with Crippen LogP contribution < -0.4 is 10.6 Å². The topological polar surface area (TPSA) is 120 Å². The van der Waals surface area contributed by atoms with E-state index < -0.39 is 36.3 Å². The summed E-state index contributed by atoms with van der Waals surface area (Å²) in [5.74, 6) is -4.49. The van der Waals surface area contributed by atoms with Crippen molar-refractivity contribution in [3.63, 3.8) is 0 Å². The van der Waals surface area contributed by atoms with Gasteiger partial charge in [-0.25, -0.2) is 9.59 Å². The van der Waals surface area contributed by atoms with Gasteiger partial charge in [-0.1, -0.05) is 42.5 Å². The van der Waals surface area contributed by atoms with Crippen LogP contribution in [0.3, 0.4) is 0 Å². The second-order valence-electron chi connectivity index (χ2n) is 8.08. The average Bonchev–Trinajstić information content (AvgIpc) is 2.85. The summed E-state index contributed by atoms with van der Waals surface area (Å²) in [4.78, 5) is 50.5. The van der Waals surface area contributed by atoms with Crippen molar-refractivity contribution in [1.82, 2.24) is 10.6 Å². The lowest BCUT2D eigenvalue weighted by atomic mass is 9.85. The summed E-state index contributed by atoms with van der Waals surface area (Å²) in [6.45, 7) is 4.38. The minimum Gasteiger partial charge on any atom is -0.466 e. The highest BCUT2D eigenvalue weighted by molar-refractivity contribution is 6.05. The monoisotopic (exact) mass is 480 g/mol. The molecule has 1 atom stereocenters. The molecule has 2 aromatic carbocycles. The minimum absolute atomic E-state index is 0.0898. The van der Waals surface area contributed by atoms with Crippen LogP contribution in [-0.2, 0) is 33.4 Å². The summed E-state index contributed by atoms with van der Waals surface area (Å²) in [5.41, 5.74) is 1.40. The van der Waals surface area contributed by atoms with Gasteiger partial charge in [0, 0.05) is 11.4 Å². The van der Waals surface area contributed by atoms with Crippen molar-refractivity contribution >= 4 is 34.6 Å². The lowest BCUT2D eigenvalue weighted by Gasteiger charge is -2.28. The molecule has 0 fully saturated rings. The van der Waals surface area contributed by atoms with Gasteiger partial charge >= 0.3 is 17.9 Å². The van der Waals surface area contributed by atoms with E-state index in [-0.39, 0.29) is 17.2 Å². The molecule has 1 aliphatic heterocycles. The van der Waals surface area contributed by atoms with Crippen molar-refractivity contribution in [2.45, 2.75) is 26.8 Å². The maximum absolute atomic E-state index is 13.1. The number of hydrogen-bond acceptors (Lipinski definition) is 8. The molecule has 184 valence electrons. The molecule has 0 radical (unpaired) electrons. The predicted molar refractivity (Wildman–Crippen MR) is 128 cm³/mol. The summed E-state index contributed by atoms with van der Waals surface area (Å²) < 4.78 is 14.9. The number of dihydropyridines is 1. The lowest BCUT2D eigenvalue weighted by Crippen LogP contribution is -2.39. The van der Waals surface area contributed by atoms with Crippen molar-refractivity contribution in [2.75, 3.05) is 20.8 Å². The van der Waals surface area contributed by atoms with Crippen LogP contribution in [-0.4, -0.2) is 44.6 Å². The quantitative estimate of drug-likeness (QED) is 0.459. The molecular weight excluding hydrogens is 452 g/mol. The molecule has 1 aliphatic rings. The maximum Gasteiger partial charge on any atom is 0.336 e. The molecule has 0 aliphatic carbocycles. The smallest absolute Gasteiger partial charge is 0.336 e. The number of fused-ring (bicyclic) bond motifs is 1. The molecule has 2 N–H and O–H groups in total. The highest BCUT2D eigenvalue weighted by Gasteiger charge is 2.42. The highest BCUT2D eigenvalue weighted by Crippen LogP contribution is 2.32. The van der Waals surface area contributed by atoms with E-state index in [2.05, 4.69) is 10.6 Å². The summed E-state index contributed by atoms with van der Waals surface area (Å²) in [6, 6.07) is 13.3. The molecule has 0 saturated carbocycles. The molecular formula is C26H28N2O7. The first-order chi connectivity index (χ1) is 16.7. The van der Waals surface area contributed by atoms with Gasteiger partial charge in [-0.3, -0.25) is 9.59 Å². The molecule has 1 heterocycles. The summed E-state index contributed by atoms with van der Waals surface area (Å²) in [5, 5.41) is 7.75. The fraction of sp³-hybridized carbons (Fsp3) is 0.308. The third-order valence-corrected chi connectivity index (χ3v) is 5.82. The van der Waals surface area contributed by atoms with Crippen LogP contribution >= 0.6 is 0 Å². The molecule has 35 heavy (non-hydrogen) atoms. The average molecular weight is 481 g/mol. The van der Waals surface area contributed by atoms with E-state index in [0.717, 1.165) is 30.6 Å². The van der Waals surface area contributed by atoms with E-state index in [9.17, 15) is 19.2 Å². The zero-order valence-electron chi connectivity index (χ0n) is 20.3. The van der Waals surface area contributed by atoms with E-state index in [4.69, 9.17) is 14.2 Å². The second-order valence-corrected chi connectivity index (χ2v) is 8.08. The van der Waals surface area contributed by atoms with Gasteiger partial charge in [-0.2, -0.15) is 0 Å². The van der Waals surface area contributed by atoms with Crippen molar-refractivity contribution in [3.05, 3.63) is 70.6 Å². The van der Waals surface area contributed by atoms with E-state index in [1.165, 1.54) is 0 Å². The van der Waals surface area contributed by atoms with Crippen LogP contribution in [0.2, 0.25) is 0 Å². The normalized spacial score (nSPS) is 14.8. The number of esters is 3. The number of methoxy groups -OCH3 is 2. The number of carbonyl (C=O) groups is 4. The van der Waals surface area contributed by atoms with Crippen molar-refractivity contribution in [1.29, 1.82) is 0 Å². The van der Waals surface area contributed by atoms with E-state index >= 15 is 0 Å². The number of rotatable bonds is 7. The Morgan fingerprint density at radius 1 is 0.914 bits per heavy atom. The molecule has 9 nitrogen and oxygen atoms in total. The fourth-order valence-electron chi connectivity index (χ4n) is 4.20. The Bertz CT molecular complexity index is 1200. The van der Waals surface area contributed by atoms with Gasteiger partial charge in [0.15, 0.2) is 6.61 Å². The van der Waals surface area contributed by atoms with E-state index in [1.54, 1.807) is 13.8 Å². The summed E-state index contributed by atoms with van der Waals surface area (Å²) in [6.07, 6.45) is 0. The number of ether oxygens (including phenoxy) is 3. The van der Waals surface area contributed by atoms with Gasteiger partial charge < -0.3 is 24.8 Å².